The highest BCUT2D eigenvalue weighted by Crippen LogP contribution is 2.27. The topological polar surface area (TPSA) is 56.7 Å². The summed E-state index contributed by atoms with van der Waals surface area (Å²) in [6.07, 6.45) is 5.78. The second-order valence-electron chi connectivity index (χ2n) is 6.24. The monoisotopic (exact) mass is 442 g/mol. The number of carbonyl (C=O) groups excluding carboxylic acids is 1. The summed E-state index contributed by atoms with van der Waals surface area (Å²) in [5.74, 6) is 1.34. The van der Waals surface area contributed by atoms with Gasteiger partial charge in [-0.1, -0.05) is 13.8 Å². The van der Waals surface area contributed by atoms with E-state index in [0.29, 0.717) is 12.0 Å². The first-order chi connectivity index (χ1) is 9.92. The minimum atomic E-state index is 0. The predicted molar refractivity (Wildman–Crippen MR) is 107 cm³/mol. The maximum absolute atomic E-state index is 11.7. The van der Waals surface area contributed by atoms with Crippen LogP contribution in [0.1, 0.15) is 33.1 Å². The number of guanidine groups is 1. The van der Waals surface area contributed by atoms with E-state index in [1.807, 2.05) is 11.8 Å². The van der Waals surface area contributed by atoms with E-state index in [1.165, 1.54) is 19.3 Å². The second-order valence-corrected chi connectivity index (χ2v) is 7.38. The molecule has 0 heterocycles. The van der Waals surface area contributed by atoms with Crippen molar-refractivity contribution in [1.29, 1.82) is 0 Å². The van der Waals surface area contributed by atoms with Gasteiger partial charge in [0.1, 0.15) is 6.54 Å². The molecule has 0 radical (unpaired) electrons. The lowest BCUT2D eigenvalue weighted by molar-refractivity contribution is -0.127. The first-order valence-corrected chi connectivity index (χ1v) is 8.99. The zero-order chi connectivity index (χ0) is 15.8. The molecule has 0 aromatic heterocycles. The van der Waals surface area contributed by atoms with Gasteiger partial charge in [-0.3, -0.25) is 4.79 Å². The van der Waals surface area contributed by atoms with Crippen LogP contribution in [0.4, 0.5) is 0 Å². The Hall–Kier alpha value is -0.180. The third-order valence-electron chi connectivity index (χ3n) is 3.61. The minimum Gasteiger partial charge on any atom is -0.356 e. The summed E-state index contributed by atoms with van der Waals surface area (Å²) in [6, 6.07) is 0.468. The normalized spacial score (nSPS) is 21.5. The molecule has 1 aliphatic carbocycles. The summed E-state index contributed by atoms with van der Waals surface area (Å²) in [5.41, 5.74) is 0. The van der Waals surface area contributed by atoms with E-state index >= 15 is 0 Å². The van der Waals surface area contributed by atoms with Crippen molar-refractivity contribution in [2.75, 3.05) is 33.4 Å². The maximum Gasteiger partial charge on any atom is 0.243 e. The highest BCUT2D eigenvalue weighted by atomic mass is 127. The number of aliphatic imine (C=N–C) groups is 1. The maximum atomic E-state index is 11.7. The molecule has 2 unspecified atom stereocenters. The fourth-order valence-electron chi connectivity index (χ4n) is 2.22. The summed E-state index contributed by atoms with van der Waals surface area (Å²) in [6.45, 7) is 5.38. The Morgan fingerprint density at radius 1 is 1.36 bits per heavy atom. The van der Waals surface area contributed by atoms with E-state index in [-0.39, 0.29) is 36.4 Å². The molecule has 0 aliphatic heterocycles. The van der Waals surface area contributed by atoms with Gasteiger partial charge in [0.15, 0.2) is 5.96 Å². The van der Waals surface area contributed by atoms with Gasteiger partial charge in [0, 0.05) is 31.9 Å². The first kappa shape index (κ1) is 21.8. The second kappa shape index (κ2) is 11.4. The zero-order valence-corrected chi connectivity index (χ0v) is 17.5. The molecule has 130 valence electrons. The molecule has 0 spiro atoms. The molecule has 0 aromatic rings. The molecule has 1 saturated carbocycles. The third kappa shape index (κ3) is 8.45. The molecule has 0 saturated heterocycles. The number of hydrogen-bond donors (Lipinski definition) is 2. The van der Waals surface area contributed by atoms with E-state index in [2.05, 4.69) is 35.7 Å². The molecule has 2 atom stereocenters. The van der Waals surface area contributed by atoms with Crippen molar-refractivity contribution in [2.24, 2.45) is 10.9 Å². The van der Waals surface area contributed by atoms with Crippen LogP contribution in [-0.4, -0.2) is 61.5 Å². The molecular formula is C15H31IN4OS. The van der Waals surface area contributed by atoms with Gasteiger partial charge in [0.2, 0.25) is 5.91 Å². The van der Waals surface area contributed by atoms with Crippen molar-refractivity contribution < 1.29 is 4.79 Å². The summed E-state index contributed by atoms with van der Waals surface area (Å²) < 4.78 is 0. The van der Waals surface area contributed by atoms with E-state index in [0.717, 1.165) is 17.8 Å². The Kier molecular flexibility index (Phi) is 11.3. The van der Waals surface area contributed by atoms with Gasteiger partial charge in [0.05, 0.1) is 0 Å². The van der Waals surface area contributed by atoms with Crippen molar-refractivity contribution in [3.63, 3.8) is 0 Å². The lowest BCUT2D eigenvalue weighted by Crippen LogP contribution is -2.44. The molecular weight excluding hydrogens is 411 g/mol. The van der Waals surface area contributed by atoms with Gasteiger partial charge in [-0.05, 0) is 31.4 Å². The number of hydrogen-bond acceptors (Lipinski definition) is 3. The average molecular weight is 442 g/mol. The predicted octanol–water partition coefficient (Wildman–Crippen LogP) is 2.17. The van der Waals surface area contributed by atoms with Crippen LogP contribution in [0.5, 0.6) is 0 Å². The Bertz CT molecular complexity index is 363. The molecule has 2 N–H and O–H groups in total. The molecule has 1 amide bonds. The van der Waals surface area contributed by atoms with Crippen LogP contribution in [-0.2, 0) is 4.79 Å². The molecule has 5 nitrogen and oxygen atoms in total. The number of halogens is 1. The van der Waals surface area contributed by atoms with Crippen LogP contribution in [0.2, 0.25) is 0 Å². The highest BCUT2D eigenvalue weighted by molar-refractivity contribution is 14.0. The van der Waals surface area contributed by atoms with Crippen LogP contribution in [0.25, 0.3) is 0 Å². The van der Waals surface area contributed by atoms with Crippen molar-refractivity contribution >= 4 is 47.6 Å². The van der Waals surface area contributed by atoms with Crippen LogP contribution in [0, 0.1) is 5.92 Å². The summed E-state index contributed by atoms with van der Waals surface area (Å²) in [7, 11) is 3.51. The number of rotatable bonds is 6. The fourth-order valence-corrected chi connectivity index (χ4v) is 3.02. The first-order valence-electron chi connectivity index (χ1n) is 7.70. The number of carbonyl (C=O) groups is 1. The van der Waals surface area contributed by atoms with Gasteiger partial charge in [-0.2, -0.15) is 11.8 Å². The van der Waals surface area contributed by atoms with Crippen LogP contribution in [0.3, 0.4) is 0 Å². The Morgan fingerprint density at radius 2 is 2.05 bits per heavy atom. The number of amides is 1. The number of likely N-dealkylation sites (N-methyl/N-ethyl adjacent to an activating group) is 1. The standard InChI is InChI=1S/C15H30N4OS.HI/c1-11(2)9-16-15(17-10-14(20)19(3)4)18-12-6-7-13(8-12)21-5;/h11-13H,6-10H2,1-5H3,(H2,16,17,18);1H. The third-order valence-corrected chi connectivity index (χ3v) is 4.70. The lowest BCUT2D eigenvalue weighted by atomic mass is 10.2. The van der Waals surface area contributed by atoms with Crippen molar-refractivity contribution in [3.8, 4) is 0 Å². The Morgan fingerprint density at radius 3 is 2.55 bits per heavy atom. The van der Waals surface area contributed by atoms with Crippen LogP contribution in [0.15, 0.2) is 4.99 Å². The van der Waals surface area contributed by atoms with Gasteiger partial charge in [-0.15, -0.1) is 24.0 Å². The average Bonchev–Trinajstić information content (AvgIpc) is 2.88. The quantitative estimate of drug-likeness (QED) is 0.376. The van der Waals surface area contributed by atoms with Gasteiger partial charge in [0.25, 0.3) is 0 Å². The van der Waals surface area contributed by atoms with E-state index < -0.39 is 0 Å². The summed E-state index contributed by atoms with van der Waals surface area (Å²) in [5, 5.41) is 7.57. The molecule has 1 aliphatic rings. The van der Waals surface area contributed by atoms with Crippen LogP contribution >= 0.6 is 35.7 Å². The summed E-state index contributed by atoms with van der Waals surface area (Å²) >= 11 is 1.94. The Balaban J connectivity index is 0.00000441. The molecule has 1 rings (SSSR count). The van der Waals surface area contributed by atoms with E-state index in [4.69, 9.17) is 0 Å². The summed E-state index contributed by atoms with van der Waals surface area (Å²) in [4.78, 5) is 17.7. The SMILES string of the molecule is CSC1CCC(NC(=NCC(=O)N(C)C)NCC(C)C)C1.I. The van der Waals surface area contributed by atoms with Crippen LogP contribution < -0.4 is 10.6 Å². The lowest BCUT2D eigenvalue weighted by Gasteiger charge is -2.19. The zero-order valence-electron chi connectivity index (χ0n) is 14.4. The van der Waals surface area contributed by atoms with Gasteiger partial charge < -0.3 is 15.5 Å². The smallest absolute Gasteiger partial charge is 0.243 e. The van der Waals surface area contributed by atoms with E-state index in [1.54, 1.807) is 19.0 Å². The van der Waals surface area contributed by atoms with E-state index in [9.17, 15) is 4.79 Å². The molecule has 7 heteroatoms. The largest absolute Gasteiger partial charge is 0.356 e. The molecule has 0 bridgehead atoms. The molecule has 1 fully saturated rings. The van der Waals surface area contributed by atoms with Crippen molar-refractivity contribution in [1.82, 2.24) is 15.5 Å². The Labute approximate surface area is 156 Å². The highest BCUT2D eigenvalue weighted by Gasteiger charge is 2.24. The molecule has 0 aromatic carbocycles. The number of nitrogens with one attached hydrogen (secondary N) is 2. The number of thioether (sulfide) groups is 1. The fraction of sp³-hybridized carbons (Fsp3) is 0.867. The molecule has 22 heavy (non-hydrogen) atoms. The minimum absolute atomic E-state index is 0. The van der Waals surface area contributed by atoms with Gasteiger partial charge >= 0.3 is 0 Å². The van der Waals surface area contributed by atoms with Crippen molar-refractivity contribution in [2.45, 2.75) is 44.4 Å². The number of nitrogens with zero attached hydrogens (tertiary/aromatic N) is 2. The van der Waals surface area contributed by atoms with Gasteiger partial charge in [-0.25, -0.2) is 4.99 Å². The van der Waals surface area contributed by atoms with Crippen molar-refractivity contribution in [3.05, 3.63) is 0 Å².